The molecule has 0 saturated carbocycles. The lowest BCUT2D eigenvalue weighted by molar-refractivity contribution is 0.445. The summed E-state index contributed by atoms with van der Waals surface area (Å²) in [7, 11) is 5.36. The molecule has 0 bridgehead atoms. The van der Waals surface area contributed by atoms with Gasteiger partial charge in [-0.15, -0.1) is 0 Å². The Morgan fingerprint density at radius 2 is 0.857 bits per heavy atom. The smallest absolute Gasteiger partial charge is 0.206 e. The molecular formula is C18H39BN2. The number of hydrazine groups is 1. The van der Waals surface area contributed by atoms with Crippen molar-refractivity contribution in [2.45, 2.75) is 110 Å². The minimum absolute atomic E-state index is 0.818. The van der Waals surface area contributed by atoms with Crippen molar-refractivity contribution in [1.82, 2.24) is 4.92 Å². The molecule has 0 saturated heterocycles. The van der Waals surface area contributed by atoms with Crippen LogP contribution in [0, 0.1) is 0 Å². The molecule has 0 unspecified atom stereocenters. The summed E-state index contributed by atoms with van der Waals surface area (Å²) in [6.07, 6.45) is 22.4. The minimum atomic E-state index is 0.818. The molecule has 3 heteroatoms. The van der Waals surface area contributed by atoms with Crippen LogP contribution in [0.25, 0.3) is 0 Å². The van der Waals surface area contributed by atoms with Gasteiger partial charge in [-0.1, -0.05) is 103 Å². The monoisotopic (exact) mass is 294 g/mol. The number of rotatable bonds is 17. The van der Waals surface area contributed by atoms with E-state index >= 15 is 0 Å². The molecule has 0 amide bonds. The van der Waals surface area contributed by atoms with Gasteiger partial charge < -0.3 is 4.92 Å². The molecule has 0 aliphatic heterocycles. The first-order valence-electron chi connectivity index (χ1n) is 9.54. The molecule has 124 valence electrons. The van der Waals surface area contributed by atoms with Crippen molar-refractivity contribution in [3.8, 4) is 0 Å². The van der Waals surface area contributed by atoms with Crippen molar-refractivity contribution in [1.29, 1.82) is 0 Å². The molecule has 2 nitrogen and oxygen atoms in total. The highest BCUT2D eigenvalue weighted by Crippen LogP contribution is 2.13. The van der Waals surface area contributed by atoms with Crippen molar-refractivity contribution in [3.05, 3.63) is 0 Å². The summed E-state index contributed by atoms with van der Waals surface area (Å²) in [5.74, 6) is 5.36. The Morgan fingerprint density at radius 1 is 0.571 bits per heavy atom. The Labute approximate surface area is 135 Å². The van der Waals surface area contributed by atoms with Gasteiger partial charge in [0.05, 0.1) is 0 Å². The van der Waals surface area contributed by atoms with E-state index in [4.69, 9.17) is 13.8 Å². The van der Waals surface area contributed by atoms with Gasteiger partial charge >= 0.3 is 0 Å². The van der Waals surface area contributed by atoms with Gasteiger partial charge in [0.15, 0.2) is 0 Å². The van der Waals surface area contributed by atoms with Gasteiger partial charge in [0.2, 0.25) is 7.98 Å². The fourth-order valence-corrected chi connectivity index (χ4v) is 2.84. The summed E-state index contributed by atoms with van der Waals surface area (Å²) in [4.78, 5) is 1.30. The standard InChI is InChI=1S/C18H39BN2/c1-2-3-4-5-6-7-8-9-10-11-12-13-14-15-16-17-18-21(19)20/h2-18,20H2,1H3. The predicted octanol–water partition coefficient (Wildman–Crippen LogP) is 5.51. The van der Waals surface area contributed by atoms with Crippen molar-refractivity contribution in [2.75, 3.05) is 6.54 Å². The highest BCUT2D eigenvalue weighted by atomic mass is 15.3. The normalized spacial score (nSPS) is 11.4. The zero-order valence-corrected chi connectivity index (χ0v) is 14.6. The van der Waals surface area contributed by atoms with Gasteiger partial charge in [-0.25, -0.2) is 0 Å². The first-order chi connectivity index (χ1) is 10.3. The summed E-state index contributed by atoms with van der Waals surface area (Å²) in [5.41, 5.74) is 0. The second-order valence-corrected chi connectivity index (χ2v) is 6.54. The number of nitrogens with two attached hydrogens (primary N) is 1. The van der Waals surface area contributed by atoms with E-state index in [-0.39, 0.29) is 0 Å². The first kappa shape index (κ1) is 21.0. The first-order valence-corrected chi connectivity index (χ1v) is 9.54. The molecule has 0 aromatic carbocycles. The second-order valence-electron chi connectivity index (χ2n) is 6.54. The highest BCUT2D eigenvalue weighted by molar-refractivity contribution is 6.03. The average molecular weight is 294 g/mol. The molecule has 0 aliphatic carbocycles. The summed E-state index contributed by atoms with van der Waals surface area (Å²) in [6.45, 7) is 3.10. The Kier molecular flexibility index (Phi) is 18.0. The Balaban J connectivity index is 2.93. The average Bonchev–Trinajstić information content (AvgIpc) is 2.46. The molecule has 0 atom stereocenters. The SMILES string of the molecule is [B]N(N)CCCCCCCCCCCCCCCCCC. The van der Waals surface area contributed by atoms with E-state index in [1.54, 1.807) is 0 Å². The molecule has 0 fully saturated rings. The molecule has 2 radical (unpaired) electrons. The summed E-state index contributed by atoms with van der Waals surface area (Å²) in [6, 6.07) is 0. The van der Waals surface area contributed by atoms with E-state index in [0.29, 0.717) is 0 Å². The zero-order chi connectivity index (χ0) is 15.6. The predicted molar refractivity (Wildman–Crippen MR) is 96.2 cm³/mol. The van der Waals surface area contributed by atoms with Crippen molar-refractivity contribution in [3.63, 3.8) is 0 Å². The molecular weight excluding hydrogens is 255 g/mol. The van der Waals surface area contributed by atoms with Crippen molar-refractivity contribution < 1.29 is 0 Å². The number of hydrogen-bond donors (Lipinski definition) is 1. The Morgan fingerprint density at radius 3 is 1.14 bits per heavy atom. The number of unbranched alkanes of at least 4 members (excludes halogenated alkanes) is 15. The molecule has 0 aromatic rings. The summed E-state index contributed by atoms with van der Waals surface area (Å²) >= 11 is 0. The van der Waals surface area contributed by atoms with E-state index in [9.17, 15) is 0 Å². The van der Waals surface area contributed by atoms with Gasteiger partial charge in [0.1, 0.15) is 0 Å². The second kappa shape index (κ2) is 18.0. The fourth-order valence-electron chi connectivity index (χ4n) is 2.84. The quantitative estimate of drug-likeness (QED) is 0.166. The van der Waals surface area contributed by atoms with Crippen LogP contribution in [0.15, 0.2) is 0 Å². The van der Waals surface area contributed by atoms with Crippen LogP contribution in [0.5, 0.6) is 0 Å². The van der Waals surface area contributed by atoms with Gasteiger partial charge in [-0.2, -0.15) is 0 Å². The largest absolute Gasteiger partial charge is 0.301 e. The minimum Gasteiger partial charge on any atom is -0.301 e. The highest BCUT2D eigenvalue weighted by Gasteiger charge is 1.95. The van der Waals surface area contributed by atoms with Gasteiger partial charge in [0, 0.05) is 0 Å². The van der Waals surface area contributed by atoms with E-state index in [2.05, 4.69) is 6.92 Å². The molecule has 2 N–H and O–H groups in total. The van der Waals surface area contributed by atoms with Crippen LogP contribution in [-0.2, 0) is 0 Å². The lowest BCUT2D eigenvalue weighted by Gasteiger charge is -2.08. The number of nitrogens with zero attached hydrogens (tertiary/aromatic N) is 1. The maximum absolute atomic E-state index is 5.36. The molecule has 0 heterocycles. The fraction of sp³-hybridized carbons (Fsp3) is 1.00. The van der Waals surface area contributed by atoms with Crippen molar-refractivity contribution in [2.24, 2.45) is 5.84 Å². The van der Waals surface area contributed by atoms with E-state index < -0.39 is 0 Å². The maximum atomic E-state index is 5.36. The van der Waals surface area contributed by atoms with Gasteiger partial charge in [-0.3, -0.25) is 5.84 Å². The topological polar surface area (TPSA) is 29.3 Å². The van der Waals surface area contributed by atoms with E-state index in [1.165, 1.54) is 101 Å². The molecule has 0 spiro atoms. The van der Waals surface area contributed by atoms with Gasteiger partial charge in [-0.05, 0) is 13.0 Å². The third kappa shape index (κ3) is 20.0. The maximum Gasteiger partial charge on any atom is 0.206 e. The zero-order valence-electron chi connectivity index (χ0n) is 14.6. The van der Waals surface area contributed by atoms with Crippen LogP contribution in [0.3, 0.4) is 0 Å². The molecule has 0 aliphatic rings. The Hall–Kier alpha value is -0.0151. The molecule has 0 rings (SSSR count). The van der Waals surface area contributed by atoms with Crippen LogP contribution < -0.4 is 5.84 Å². The third-order valence-electron chi connectivity index (χ3n) is 4.27. The summed E-state index contributed by atoms with van der Waals surface area (Å²) < 4.78 is 0. The van der Waals surface area contributed by atoms with Crippen molar-refractivity contribution >= 4 is 7.98 Å². The van der Waals surface area contributed by atoms with E-state index in [0.717, 1.165) is 13.0 Å². The van der Waals surface area contributed by atoms with E-state index in [1.807, 2.05) is 0 Å². The van der Waals surface area contributed by atoms with Crippen LogP contribution in [-0.4, -0.2) is 19.4 Å². The van der Waals surface area contributed by atoms with Gasteiger partial charge in [0.25, 0.3) is 0 Å². The van der Waals surface area contributed by atoms with Crippen LogP contribution in [0.2, 0.25) is 0 Å². The number of hydrogen-bond acceptors (Lipinski definition) is 2. The summed E-state index contributed by atoms with van der Waals surface area (Å²) in [5, 5.41) is 0. The van der Waals surface area contributed by atoms with Crippen LogP contribution >= 0.6 is 0 Å². The molecule has 0 aromatic heterocycles. The third-order valence-corrected chi connectivity index (χ3v) is 4.27. The lowest BCUT2D eigenvalue weighted by Crippen LogP contribution is -2.28. The molecule has 21 heavy (non-hydrogen) atoms. The Bertz CT molecular complexity index is 186. The van der Waals surface area contributed by atoms with Crippen LogP contribution in [0.4, 0.5) is 0 Å². The van der Waals surface area contributed by atoms with Crippen LogP contribution in [0.1, 0.15) is 110 Å². The lowest BCUT2D eigenvalue weighted by atomic mass is 10.0.